The van der Waals surface area contributed by atoms with Gasteiger partial charge in [-0.05, 0) is 57.4 Å². The van der Waals surface area contributed by atoms with Crippen LogP contribution in [0.4, 0.5) is 17.6 Å². The molecule has 0 aliphatic heterocycles. The zero-order valence-corrected chi connectivity index (χ0v) is 15.3. The van der Waals surface area contributed by atoms with Crippen LogP contribution in [0.3, 0.4) is 0 Å². The number of alkyl halides is 3. The molecule has 0 saturated heterocycles. The highest BCUT2D eigenvalue weighted by Gasteiger charge is 2.42. The highest BCUT2D eigenvalue weighted by molar-refractivity contribution is 5.92. The standard InChI is InChI=1S/C19H21F4N3O/c1-18(2,3)26-15(11-4-5-11)10-14(25-26)17(27)24-16(19(21,22)23)12-6-8-13(20)9-7-12/h6-11,16H,4-5H2,1-3H3,(H,24,27). The normalized spacial score (nSPS) is 16.3. The summed E-state index contributed by atoms with van der Waals surface area (Å²) in [4.78, 5) is 12.5. The molecule has 1 N–H and O–H groups in total. The Bertz CT molecular complexity index is 830. The Hall–Kier alpha value is -2.38. The number of amides is 1. The lowest BCUT2D eigenvalue weighted by Gasteiger charge is -2.23. The number of hydrogen-bond donors (Lipinski definition) is 1. The van der Waals surface area contributed by atoms with Crippen LogP contribution in [-0.2, 0) is 5.54 Å². The van der Waals surface area contributed by atoms with Crippen LogP contribution in [0.25, 0.3) is 0 Å². The van der Waals surface area contributed by atoms with Crippen molar-refractivity contribution in [2.24, 2.45) is 0 Å². The van der Waals surface area contributed by atoms with Crippen molar-refractivity contribution >= 4 is 5.91 Å². The molecule has 1 aliphatic carbocycles. The third-order valence-electron chi connectivity index (χ3n) is 4.41. The maximum absolute atomic E-state index is 13.5. The van der Waals surface area contributed by atoms with E-state index in [1.54, 1.807) is 10.7 Å². The first kappa shape index (κ1) is 19.4. The minimum absolute atomic E-state index is 0.0526. The van der Waals surface area contributed by atoms with Crippen LogP contribution in [0.5, 0.6) is 0 Å². The number of benzene rings is 1. The molecular formula is C19H21F4N3O. The second-order valence-corrected chi connectivity index (χ2v) is 7.81. The first-order chi connectivity index (χ1) is 12.5. The summed E-state index contributed by atoms with van der Waals surface area (Å²) in [5.41, 5.74) is 0.174. The van der Waals surface area contributed by atoms with E-state index in [2.05, 4.69) is 5.10 Å². The third-order valence-corrected chi connectivity index (χ3v) is 4.41. The van der Waals surface area contributed by atoms with Crippen molar-refractivity contribution in [2.75, 3.05) is 0 Å². The smallest absolute Gasteiger partial charge is 0.335 e. The summed E-state index contributed by atoms with van der Waals surface area (Å²) in [7, 11) is 0. The zero-order valence-electron chi connectivity index (χ0n) is 15.3. The lowest BCUT2D eigenvalue weighted by molar-refractivity contribution is -0.155. The molecule has 8 heteroatoms. The molecule has 0 radical (unpaired) electrons. The van der Waals surface area contributed by atoms with Crippen LogP contribution in [0.15, 0.2) is 30.3 Å². The molecule has 3 rings (SSSR count). The number of carbonyl (C=O) groups is 1. The van der Waals surface area contributed by atoms with E-state index in [9.17, 15) is 22.4 Å². The second-order valence-electron chi connectivity index (χ2n) is 7.81. The van der Waals surface area contributed by atoms with Crippen molar-refractivity contribution in [1.82, 2.24) is 15.1 Å². The number of nitrogens with zero attached hydrogens (tertiary/aromatic N) is 2. The molecule has 146 valence electrons. The van der Waals surface area contributed by atoms with Gasteiger partial charge >= 0.3 is 6.18 Å². The Morgan fingerprint density at radius 2 is 1.78 bits per heavy atom. The van der Waals surface area contributed by atoms with Gasteiger partial charge in [-0.3, -0.25) is 9.48 Å². The molecule has 1 unspecified atom stereocenters. The SMILES string of the molecule is CC(C)(C)n1nc(C(=O)NC(c2ccc(F)cc2)C(F)(F)F)cc1C1CC1. The van der Waals surface area contributed by atoms with E-state index >= 15 is 0 Å². The molecule has 0 bridgehead atoms. The van der Waals surface area contributed by atoms with Gasteiger partial charge < -0.3 is 5.32 Å². The molecule has 1 amide bonds. The molecule has 2 aromatic rings. The van der Waals surface area contributed by atoms with E-state index < -0.39 is 29.5 Å². The van der Waals surface area contributed by atoms with Crippen LogP contribution >= 0.6 is 0 Å². The van der Waals surface area contributed by atoms with Gasteiger partial charge in [0.1, 0.15) is 11.5 Å². The van der Waals surface area contributed by atoms with Crippen LogP contribution in [0, 0.1) is 5.82 Å². The maximum Gasteiger partial charge on any atom is 0.412 e. The number of nitrogens with one attached hydrogen (secondary N) is 1. The summed E-state index contributed by atoms with van der Waals surface area (Å²) >= 11 is 0. The fraction of sp³-hybridized carbons (Fsp3) is 0.474. The summed E-state index contributed by atoms with van der Waals surface area (Å²) < 4.78 is 55.1. The Labute approximate surface area is 154 Å². The Morgan fingerprint density at radius 1 is 1.19 bits per heavy atom. The summed E-state index contributed by atoms with van der Waals surface area (Å²) in [6, 6.07) is 3.21. The van der Waals surface area contributed by atoms with E-state index in [0.29, 0.717) is 0 Å². The molecule has 1 aromatic carbocycles. The molecular weight excluding hydrogens is 362 g/mol. The predicted molar refractivity (Wildman–Crippen MR) is 91.9 cm³/mol. The van der Waals surface area contributed by atoms with Gasteiger partial charge in [0.2, 0.25) is 0 Å². The highest BCUT2D eigenvalue weighted by atomic mass is 19.4. The Balaban J connectivity index is 1.89. The van der Waals surface area contributed by atoms with Crippen LogP contribution in [0.2, 0.25) is 0 Å². The topological polar surface area (TPSA) is 46.9 Å². The van der Waals surface area contributed by atoms with Crippen molar-refractivity contribution in [1.29, 1.82) is 0 Å². The molecule has 0 spiro atoms. The lowest BCUT2D eigenvalue weighted by atomic mass is 10.1. The summed E-state index contributed by atoms with van der Waals surface area (Å²) in [6.45, 7) is 5.76. The summed E-state index contributed by atoms with van der Waals surface area (Å²) in [5.74, 6) is -1.27. The van der Waals surface area contributed by atoms with Gasteiger partial charge in [0.15, 0.2) is 6.04 Å². The predicted octanol–water partition coefficient (Wildman–Crippen LogP) is 4.69. The third kappa shape index (κ3) is 4.31. The lowest BCUT2D eigenvalue weighted by Crippen LogP contribution is -2.38. The Kier molecular flexibility index (Phi) is 4.78. The van der Waals surface area contributed by atoms with Gasteiger partial charge in [-0.25, -0.2) is 4.39 Å². The number of aromatic nitrogens is 2. The minimum atomic E-state index is -4.72. The molecule has 1 aromatic heterocycles. The van der Waals surface area contributed by atoms with Crippen molar-refractivity contribution in [2.45, 2.75) is 57.3 Å². The van der Waals surface area contributed by atoms with Crippen molar-refractivity contribution < 1.29 is 22.4 Å². The highest BCUT2D eigenvalue weighted by Crippen LogP contribution is 2.42. The van der Waals surface area contributed by atoms with E-state index in [4.69, 9.17) is 0 Å². The van der Waals surface area contributed by atoms with Gasteiger partial charge in [-0.2, -0.15) is 18.3 Å². The molecule has 1 atom stereocenters. The van der Waals surface area contributed by atoms with E-state index in [1.165, 1.54) is 0 Å². The van der Waals surface area contributed by atoms with Crippen molar-refractivity contribution in [3.8, 4) is 0 Å². The quantitative estimate of drug-likeness (QED) is 0.779. The van der Waals surface area contributed by atoms with Gasteiger partial charge in [0.05, 0.1) is 5.54 Å². The van der Waals surface area contributed by atoms with Crippen molar-refractivity contribution in [3.63, 3.8) is 0 Å². The van der Waals surface area contributed by atoms with E-state index in [0.717, 1.165) is 42.8 Å². The molecule has 1 saturated carbocycles. The molecule has 1 aliphatic rings. The van der Waals surface area contributed by atoms with Gasteiger partial charge in [-0.15, -0.1) is 0 Å². The van der Waals surface area contributed by atoms with Crippen molar-refractivity contribution in [3.05, 3.63) is 53.1 Å². The zero-order chi connectivity index (χ0) is 20.0. The van der Waals surface area contributed by atoms with E-state index in [-0.39, 0.29) is 17.2 Å². The van der Waals surface area contributed by atoms with Gasteiger partial charge in [-0.1, -0.05) is 12.1 Å². The average molecular weight is 383 g/mol. The average Bonchev–Trinajstić information content (AvgIpc) is 3.29. The fourth-order valence-electron chi connectivity index (χ4n) is 2.93. The fourth-order valence-corrected chi connectivity index (χ4v) is 2.93. The van der Waals surface area contributed by atoms with E-state index in [1.807, 2.05) is 26.1 Å². The number of hydrogen-bond acceptors (Lipinski definition) is 2. The van der Waals surface area contributed by atoms with Crippen LogP contribution in [0.1, 0.15) is 67.3 Å². The molecule has 1 fully saturated rings. The minimum Gasteiger partial charge on any atom is -0.335 e. The number of rotatable bonds is 4. The first-order valence-electron chi connectivity index (χ1n) is 8.70. The van der Waals surface area contributed by atoms with Crippen LogP contribution < -0.4 is 5.32 Å². The van der Waals surface area contributed by atoms with Gasteiger partial charge in [0, 0.05) is 11.6 Å². The largest absolute Gasteiger partial charge is 0.412 e. The molecule has 4 nitrogen and oxygen atoms in total. The summed E-state index contributed by atoms with van der Waals surface area (Å²) in [6.07, 6.45) is -2.77. The first-order valence-corrected chi connectivity index (χ1v) is 8.70. The molecule has 1 heterocycles. The van der Waals surface area contributed by atoms with Crippen LogP contribution in [-0.4, -0.2) is 21.9 Å². The number of halogens is 4. The second kappa shape index (κ2) is 6.65. The monoisotopic (exact) mass is 383 g/mol. The maximum atomic E-state index is 13.5. The Morgan fingerprint density at radius 3 is 2.26 bits per heavy atom. The summed E-state index contributed by atoms with van der Waals surface area (Å²) in [5, 5.41) is 6.26. The van der Waals surface area contributed by atoms with Gasteiger partial charge in [0.25, 0.3) is 5.91 Å². The molecule has 27 heavy (non-hydrogen) atoms. The number of carbonyl (C=O) groups excluding carboxylic acids is 1.